The number of hydrogen-bond acceptors (Lipinski definition) is 7. The van der Waals surface area contributed by atoms with Gasteiger partial charge in [0.15, 0.2) is 5.76 Å². The third-order valence-corrected chi connectivity index (χ3v) is 8.69. The Morgan fingerprint density at radius 1 is 1.16 bits per heavy atom. The number of carbonyl (C=O) groups is 3. The van der Waals surface area contributed by atoms with Gasteiger partial charge in [0.05, 0.1) is 0 Å². The van der Waals surface area contributed by atoms with Gasteiger partial charge in [0.1, 0.15) is 5.58 Å². The molecule has 1 aliphatic heterocycles. The first-order valence-corrected chi connectivity index (χ1v) is 15.4. The van der Waals surface area contributed by atoms with Crippen molar-refractivity contribution in [3.63, 3.8) is 0 Å². The normalized spacial score (nSPS) is 20.8. The number of aliphatic hydroxyl groups is 2. The van der Waals surface area contributed by atoms with E-state index in [0.717, 1.165) is 10.9 Å². The maximum absolute atomic E-state index is 13.3. The summed E-state index contributed by atoms with van der Waals surface area (Å²) in [4.78, 5) is 44.3. The summed E-state index contributed by atoms with van der Waals surface area (Å²) >= 11 is 15.2. The molecule has 5 N–H and O–H groups in total. The molecule has 1 unspecified atom stereocenters. The Morgan fingerprint density at radius 3 is 2.57 bits per heavy atom. The number of fused-ring (bicyclic) bond motifs is 2. The van der Waals surface area contributed by atoms with Crippen molar-refractivity contribution in [2.24, 2.45) is 10.9 Å². The molecule has 1 fully saturated rings. The quantitative estimate of drug-likeness (QED) is 0.144. The van der Waals surface area contributed by atoms with Crippen LogP contribution in [0.4, 0.5) is 0 Å². The number of carbonyl (C=O) groups excluding carboxylic acids is 2. The molecular formula is C30H29Cl2N4O7V. The van der Waals surface area contributed by atoms with Gasteiger partial charge in [-0.15, -0.1) is 0 Å². The van der Waals surface area contributed by atoms with E-state index >= 15 is 0 Å². The molecule has 2 heterocycles. The molecule has 44 heavy (non-hydrogen) atoms. The van der Waals surface area contributed by atoms with Crippen LogP contribution in [0, 0.1) is 10.6 Å². The molecule has 0 saturated carbocycles. The number of para-hydroxylation sites is 1. The van der Waals surface area contributed by atoms with Gasteiger partial charge < -0.3 is 4.42 Å². The van der Waals surface area contributed by atoms with Gasteiger partial charge in [0.25, 0.3) is 0 Å². The molecule has 0 bridgehead atoms. The number of halogens is 2. The molecule has 0 radical (unpaired) electrons. The van der Waals surface area contributed by atoms with Crippen molar-refractivity contribution in [3.8, 4) is 4.66 Å². The molecule has 1 aliphatic carbocycles. The Morgan fingerprint density at radius 2 is 1.89 bits per heavy atom. The predicted molar refractivity (Wildman–Crippen MR) is 159 cm³/mol. The van der Waals surface area contributed by atoms with Crippen LogP contribution >= 0.6 is 23.2 Å². The molecule has 4 atom stereocenters. The number of rotatable bonds is 7. The van der Waals surface area contributed by atoms with E-state index in [1.54, 1.807) is 23.1 Å². The van der Waals surface area contributed by atoms with Crippen LogP contribution in [0.1, 0.15) is 44.9 Å². The molecule has 5 rings (SSSR count). The minimum atomic E-state index is -1.41. The first-order valence-electron chi connectivity index (χ1n) is 13.9. The molecule has 3 aromatic rings. The van der Waals surface area contributed by atoms with Crippen molar-refractivity contribution in [1.82, 2.24) is 15.5 Å². The average Bonchev–Trinajstić information content (AvgIpc) is 3.41. The Hall–Kier alpha value is -3.28. The smallest absolute Gasteiger partial charge is 0.453 e. The van der Waals surface area contributed by atoms with Gasteiger partial charge in [-0.2, -0.15) is 0 Å². The van der Waals surface area contributed by atoms with Crippen LogP contribution in [0.2, 0.25) is 10.0 Å². The van der Waals surface area contributed by atoms with Crippen LogP contribution in [0.5, 0.6) is 0 Å². The van der Waals surface area contributed by atoms with Crippen LogP contribution in [-0.2, 0) is 34.4 Å². The van der Waals surface area contributed by atoms with Crippen molar-refractivity contribution in [2.45, 2.75) is 43.9 Å². The zero-order valence-corrected chi connectivity index (χ0v) is 26.2. The minimum absolute atomic E-state index is 0.0340. The van der Waals surface area contributed by atoms with E-state index in [2.05, 4.69) is 20.3 Å². The number of aliphatic hydroxyl groups excluding tert-OH is 2. The maximum atomic E-state index is 13.3. The van der Waals surface area contributed by atoms with Gasteiger partial charge in [-0.05, 0) is 25.0 Å². The molecule has 2 aromatic carbocycles. The number of carboxylic acid groups (broad SMARTS) is 1. The fourth-order valence-corrected chi connectivity index (χ4v) is 6.61. The second-order valence-electron chi connectivity index (χ2n) is 10.9. The van der Waals surface area contributed by atoms with E-state index in [9.17, 15) is 29.7 Å². The molecule has 230 valence electrons. The third-order valence-electron chi connectivity index (χ3n) is 7.82. The molecule has 1 saturated heterocycles. The number of hydrogen-bond donors (Lipinski definition) is 5. The van der Waals surface area contributed by atoms with E-state index in [0.29, 0.717) is 30.4 Å². The van der Waals surface area contributed by atoms with Gasteiger partial charge >= 0.3 is 191 Å². The van der Waals surface area contributed by atoms with Crippen molar-refractivity contribution < 1.29 is 50.9 Å². The summed E-state index contributed by atoms with van der Waals surface area (Å²) in [6, 6.07) is 9.33. The summed E-state index contributed by atoms with van der Waals surface area (Å²) in [5.74, 6) is -2.10. The number of ketones is 1. The molecule has 2 aliphatic rings. The standard InChI is InChI=1S/C30H29Cl2N4O7.V/c1-33-30(36-13-18(37)11-19(38)14-36)34-12-22(29(41)42)35-28(40)25-21(31)9-17-8-16(6-7-20(17)26(25)32)27(39)24-10-15-4-2-3-5-23(15)43-24;/h2-5,9-10,16,18-19,22,37-38H,6-8,11-14H2,(H,33,34)(H,35,40)(H,41,42);/t16?,18-,19+,22-;/m0./s1. The van der Waals surface area contributed by atoms with Crippen LogP contribution in [0.25, 0.3) is 11.0 Å². The zero-order chi connectivity index (χ0) is 31.5. The van der Waals surface area contributed by atoms with Gasteiger partial charge in [-0.1, -0.05) is 18.2 Å². The van der Waals surface area contributed by atoms with E-state index < -0.39 is 30.1 Å². The van der Waals surface area contributed by atoms with E-state index in [1.165, 1.54) is 0 Å². The second-order valence-corrected chi connectivity index (χ2v) is 12.0. The summed E-state index contributed by atoms with van der Waals surface area (Å²) in [6.07, 6.45) is -0.104. The number of furan rings is 1. The number of amides is 1. The Kier molecular flexibility index (Phi) is 10.1. The first-order chi connectivity index (χ1) is 21.0. The van der Waals surface area contributed by atoms with Crippen LogP contribution in [-0.4, -0.2) is 81.7 Å². The Balaban J connectivity index is 1.28. The summed E-state index contributed by atoms with van der Waals surface area (Å²) in [7, 11) is 0. The molecule has 11 nitrogen and oxygen atoms in total. The monoisotopic (exact) mass is 678 g/mol. The SMILES string of the molecule is O=C(N[C@@H](CNC(=N[C]#[V])N1C[C@H](O)C[C@H](O)C1)C(=O)O)c1c(Cl)cc2c(c1Cl)CCC(C(=O)c1cc3ccccc3o1)C2. The van der Waals surface area contributed by atoms with Crippen molar-refractivity contribution >= 4 is 57.8 Å². The minimum Gasteiger partial charge on any atom is -0.453 e. The summed E-state index contributed by atoms with van der Waals surface area (Å²) < 4.78 is 8.32. The molecular weight excluding hydrogens is 650 g/mol. The first kappa shape index (κ1) is 32.1. The molecule has 14 heteroatoms. The third kappa shape index (κ3) is 7.00. The summed E-state index contributed by atoms with van der Waals surface area (Å²) in [5.41, 5.74) is 2.01. The topological polar surface area (TPSA) is 165 Å². The number of benzene rings is 2. The Bertz CT molecular complexity index is 1640. The second kappa shape index (κ2) is 13.8. The molecule has 1 aromatic heterocycles. The van der Waals surface area contributed by atoms with Crippen LogP contribution < -0.4 is 10.6 Å². The van der Waals surface area contributed by atoms with E-state index in [4.69, 9.17) is 27.6 Å². The number of nitrogens with one attached hydrogen (secondary N) is 2. The number of aliphatic imine (C=N–C) groups is 1. The van der Waals surface area contributed by atoms with Crippen LogP contribution in [0.3, 0.4) is 0 Å². The van der Waals surface area contributed by atoms with E-state index in [-0.39, 0.29) is 65.1 Å². The number of likely N-dealkylation sites (tertiary alicyclic amines) is 1. The van der Waals surface area contributed by atoms with Gasteiger partial charge in [-0.25, -0.2) is 0 Å². The number of aliphatic carboxylic acids is 1. The Labute approximate surface area is 271 Å². The van der Waals surface area contributed by atoms with Crippen LogP contribution in [0.15, 0.2) is 45.8 Å². The number of guanidine groups is 1. The number of β-amino-alcohol motifs (C(OH)–C–C–N with tert-alkyl or cyclic N) is 2. The number of carboxylic acids is 1. The summed E-state index contributed by atoms with van der Waals surface area (Å²) in [5, 5.41) is 36.2. The molecule has 1 amide bonds. The van der Waals surface area contributed by atoms with Crippen molar-refractivity contribution in [3.05, 3.63) is 68.9 Å². The van der Waals surface area contributed by atoms with Gasteiger partial charge in [-0.3, -0.25) is 4.79 Å². The fraction of sp³-hybridized carbons (Fsp3) is 0.367. The fourth-order valence-electron chi connectivity index (χ4n) is 5.70. The summed E-state index contributed by atoms with van der Waals surface area (Å²) in [6.45, 7) is 0.0719. The zero-order valence-electron chi connectivity index (χ0n) is 23.3. The van der Waals surface area contributed by atoms with Crippen molar-refractivity contribution in [2.75, 3.05) is 19.6 Å². The van der Waals surface area contributed by atoms with Gasteiger partial charge in [0, 0.05) is 11.3 Å². The number of Topliss-reactive ketones (excluding diaryl/α,β-unsaturated/α-hetero) is 1. The van der Waals surface area contributed by atoms with Gasteiger partial charge in [0.2, 0.25) is 5.78 Å². The van der Waals surface area contributed by atoms with E-state index in [1.807, 2.05) is 35.0 Å². The molecule has 0 spiro atoms. The number of nitrogens with zero attached hydrogens (tertiary/aromatic N) is 2. The average molecular weight is 679 g/mol. The van der Waals surface area contributed by atoms with Crippen molar-refractivity contribution in [1.29, 1.82) is 0 Å². The predicted octanol–water partition coefficient (Wildman–Crippen LogP) is 2.75. The number of piperidine rings is 1.